The van der Waals surface area contributed by atoms with Crippen molar-refractivity contribution in [3.05, 3.63) is 0 Å². The van der Waals surface area contributed by atoms with Crippen molar-refractivity contribution in [1.29, 1.82) is 0 Å². The van der Waals surface area contributed by atoms with Gasteiger partial charge < -0.3 is 0 Å². The average Bonchev–Trinajstić information content (AvgIpc) is 2.84. The van der Waals surface area contributed by atoms with Gasteiger partial charge in [-0.25, -0.2) is 0 Å². The summed E-state index contributed by atoms with van der Waals surface area (Å²) < 4.78 is 0. The van der Waals surface area contributed by atoms with E-state index < -0.39 is 16.1 Å². The Hall–Kier alpha value is 0.434. The standard InChI is InChI=1S/C16H34Si2/c1-17(2,3)15-9-7-13(11-15)14-8-10-16(12-14)18(4,5)6/h13-16H,7-12H2,1-6H3. The van der Waals surface area contributed by atoms with Crippen LogP contribution >= 0.6 is 0 Å². The van der Waals surface area contributed by atoms with Gasteiger partial charge >= 0.3 is 0 Å². The van der Waals surface area contributed by atoms with Gasteiger partial charge in [0.2, 0.25) is 0 Å². The maximum Gasteiger partial charge on any atom is 0.0473 e. The van der Waals surface area contributed by atoms with Crippen LogP contribution in [0.1, 0.15) is 38.5 Å². The molecule has 0 bridgehead atoms. The second kappa shape index (κ2) is 5.08. The van der Waals surface area contributed by atoms with Crippen LogP contribution in [0.15, 0.2) is 0 Å². The molecule has 2 saturated carbocycles. The summed E-state index contributed by atoms with van der Waals surface area (Å²) in [4.78, 5) is 0. The van der Waals surface area contributed by atoms with Crippen LogP contribution < -0.4 is 0 Å². The summed E-state index contributed by atoms with van der Waals surface area (Å²) in [5.74, 6) is 2.23. The largest absolute Gasteiger partial charge is 0.0693 e. The first-order valence-corrected chi connectivity index (χ1v) is 15.3. The lowest BCUT2D eigenvalue weighted by Gasteiger charge is -2.27. The van der Waals surface area contributed by atoms with Crippen molar-refractivity contribution in [3.8, 4) is 0 Å². The summed E-state index contributed by atoms with van der Waals surface area (Å²) in [6.45, 7) is 15.5. The molecule has 2 rings (SSSR count). The quantitative estimate of drug-likeness (QED) is 0.557. The van der Waals surface area contributed by atoms with Crippen LogP contribution in [0.2, 0.25) is 50.4 Å². The van der Waals surface area contributed by atoms with E-state index in [0.717, 1.165) is 22.9 Å². The van der Waals surface area contributed by atoms with Crippen LogP contribution in [0.5, 0.6) is 0 Å². The minimum Gasteiger partial charge on any atom is -0.0693 e. The van der Waals surface area contributed by atoms with Gasteiger partial charge in [0.05, 0.1) is 0 Å². The van der Waals surface area contributed by atoms with Gasteiger partial charge in [-0.15, -0.1) is 0 Å². The van der Waals surface area contributed by atoms with Gasteiger partial charge in [-0.2, -0.15) is 0 Å². The third-order valence-electron chi connectivity index (χ3n) is 6.06. The van der Waals surface area contributed by atoms with Crippen LogP contribution in [0.3, 0.4) is 0 Å². The molecular weight excluding hydrogens is 248 g/mol. The maximum absolute atomic E-state index is 2.58. The van der Waals surface area contributed by atoms with Gasteiger partial charge in [-0.3, -0.25) is 0 Å². The molecule has 2 fully saturated rings. The Labute approximate surface area is 117 Å². The summed E-state index contributed by atoms with van der Waals surface area (Å²) in [6.07, 6.45) is 9.46. The van der Waals surface area contributed by atoms with Crippen molar-refractivity contribution < 1.29 is 0 Å². The van der Waals surface area contributed by atoms with Crippen molar-refractivity contribution in [1.82, 2.24) is 0 Å². The lowest BCUT2D eigenvalue weighted by molar-refractivity contribution is 0.346. The van der Waals surface area contributed by atoms with Gasteiger partial charge in [0, 0.05) is 16.1 Å². The van der Waals surface area contributed by atoms with E-state index in [1.807, 2.05) is 0 Å². The molecule has 0 radical (unpaired) electrons. The zero-order valence-corrected chi connectivity index (χ0v) is 15.6. The normalized spacial score (nSPS) is 38.3. The Kier molecular flexibility index (Phi) is 4.19. The summed E-state index contributed by atoms with van der Waals surface area (Å²) in [6, 6.07) is 0. The average molecular weight is 283 g/mol. The molecule has 0 spiro atoms. The second-order valence-corrected chi connectivity index (χ2v) is 20.4. The first kappa shape index (κ1) is 14.8. The van der Waals surface area contributed by atoms with E-state index in [-0.39, 0.29) is 0 Å². The van der Waals surface area contributed by atoms with Gasteiger partial charge in [0.25, 0.3) is 0 Å². The molecule has 0 aromatic carbocycles. The van der Waals surface area contributed by atoms with Crippen LogP contribution in [0, 0.1) is 11.8 Å². The van der Waals surface area contributed by atoms with Gasteiger partial charge in [-0.1, -0.05) is 65.0 Å². The third kappa shape index (κ3) is 3.30. The zero-order chi connectivity index (χ0) is 13.6. The SMILES string of the molecule is C[Si](C)(C)C1CCC(C2CCC([Si](C)(C)C)C2)C1. The van der Waals surface area contributed by atoms with Gasteiger partial charge in [-0.05, 0) is 35.8 Å². The van der Waals surface area contributed by atoms with E-state index in [1.165, 1.54) is 0 Å². The highest BCUT2D eigenvalue weighted by Crippen LogP contribution is 2.52. The van der Waals surface area contributed by atoms with Crippen LogP contribution in [0.4, 0.5) is 0 Å². The fourth-order valence-electron chi connectivity index (χ4n) is 4.46. The van der Waals surface area contributed by atoms with Crippen LogP contribution in [0.25, 0.3) is 0 Å². The summed E-state index contributed by atoms with van der Waals surface area (Å²) >= 11 is 0. The molecule has 0 aromatic rings. The predicted octanol–water partition coefficient (Wildman–Crippen LogP) is 6.00. The Morgan fingerprint density at radius 2 is 0.889 bits per heavy atom. The van der Waals surface area contributed by atoms with Crippen molar-refractivity contribution in [2.45, 2.75) is 88.9 Å². The molecule has 2 aliphatic carbocycles. The maximum atomic E-state index is 2.58. The Morgan fingerprint density at radius 1 is 0.556 bits per heavy atom. The molecule has 2 aliphatic rings. The second-order valence-electron chi connectivity index (χ2n) is 9.27. The molecule has 4 unspecified atom stereocenters. The predicted molar refractivity (Wildman–Crippen MR) is 88.9 cm³/mol. The molecule has 0 heterocycles. The molecule has 18 heavy (non-hydrogen) atoms. The molecule has 0 nitrogen and oxygen atoms in total. The fraction of sp³-hybridized carbons (Fsp3) is 1.00. The summed E-state index contributed by atoms with van der Waals surface area (Å²) in [7, 11) is -1.72. The van der Waals surface area contributed by atoms with E-state index in [2.05, 4.69) is 39.3 Å². The summed E-state index contributed by atoms with van der Waals surface area (Å²) in [5.41, 5.74) is 2.27. The van der Waals surface area contributed by atoms with Crippen LogP contribution in [-0.4, -0.2) is 16.1 Å². The van der Waals surface area contributed by atoms with Gasteiger partial charge in [0.15, 0.2) is 0 Å². The smallest absolute Gasteiger partial charge is 0.0473 e. The third-order valence-corrected chi connectivity index (χ3v) is 12.0. The highest BCUT2D eigenvalue weighted by molar-refractivity contribution is 6.78. The monoisotopic (exact) mass is 282 g/mol. The molecule has 0 N–H and O–H groups in total. The Bertz CT molecular complexity index is 254. The Balaban J connectivity index is 1.89. The van der Waals surface area contributed by atoms with Crippen LogP contribution in [-0.2, 0) is 0 Å². The van der Waals surface area contributed by atoms with Crippen molar-refractivity contribution in [2.24, 2.45) is 11.8 Å². The summed E-state index contributed by atoms with van der Waals surface area (Å²) in [5, 5.41) is 0. The lowest BCUT2D eigenvalue weighted by Crippen LogP contribution is -2.27. The van der Waals surface area contributed by atoms with Crippen molar-refractivity contribution in [2.75, 3.05) is 0 Å². The fourth-order valence-corrected chi connectivity index (χ4v) is 8.55. The van der Waals surface area contributed by atoms with E-state index in [9.17, 15) is 0 Å². The van der Waals surface area contributed by atoms with E-state index in [0.29, 0.717) is 0 Å². The van der Waals surface area contributed by atoms with E-state index >= 15 is 0 Å². The van der Waals surface area contributed by atoms with E-state index in [1.54, 1.807) is 38.5 Å². The molecule has 0 aromatic heterocycles. The van der Waals surface area contributed by atoms with Crippen molar-refractivity contribution in [3.63, 3.8) is 0 Å². The topological polar surface area (TPSA) is 0 Å². The van der Waals surface area contributed by atoms with Crippen molar-refractivity contribution >= 4 is 16.1 Å². The highest BCUT2D eigenvalue weighted by atomic mass is 28.3. The molecule has 0 saturated heterocycles. The Morgan fingerprint density at radius 3 is 1.11 bits per heavy atom. The number of rotatable bonds is 3. The zero-order valence-electron chi connectivity index (χ0n) is 13.6. The first-order chi connectivity index (χ1) is 8.18. The highest BCUT2D eigenvalue weighted by Gasteiger charge is 2.41. The molecule has 0 amide bonds. The minimum absolute atomic E-state index is 0.862. The number of hydrogen-bond acceptors (Lipinski definition) is 0. The molecule has 0 aliphatic heterocycles. The minimum atomic E-state index is -0.862. The van der Waals surface area contributed by atoms with Gasteiger partial charge in [0.1, 0.15) is 0 Å². The molecular formula is C16H34Si2. The van der Waals surface area contributed by atoms with E-state index in [4.69, 9.17) is 0 Å². The lowest BCUT2D eigenvalue weighted by atomic mass is 9.90. The molecule has 2 heteroatoms. The molecule has 106 valence electrons. The number of hydrogen-bond donors (Lipinski definition) is 0. The first-order valence-electron chi connectivity index (χ1n) is 8.18. The molecule has 4 atom stereocenters.